The molecule has 0 unspecified atom stereocenters. The molecule has 0 fully saturated rings. The van der Waals surface area contributed by atoms with E-state index in [1.54, 1.807) is 12.1 Å². The number of carbonyl (C=O) groups excluding carboxylic acids is 1. The summed E-state index contributed by atoms with van der Waals surface area (Å²) in [6, 6.07) is 8.72. The van der Waals surface area contributed by atoms with Gasteiger partial charge in [-0.25, -0.2) is 4.79 Å². The van der Waals surface area contributed by atoms with Gasteiger partial charge in [-0.2, -0.15) is 0 Å². The topological polar surface area (TPSA) is 57.6 Å². The fourth-order valence-electron chi connectivity index (χ4n) is 3.98. The molecule has 0 saturated carbocycles. The van der Waals surface area contributed by atoms with Crippen molar-refractivity contribution in [1.29, 1.82) is 0 Å². The second-order valence-electron chi connectivity index (χ2n) is 6.66. The molecule has 0 saturated heterocycles. The molecule has 0 spiro atoms. The van der Waals surface area contributed by atoms with Crippen molar-refractivity contribution in [2.24, 2.45) is 0 Å². The molecular formula is C20H18BrNO3. The third kappa shape index (κ3) is 2.86. The van der Waals surface area contributed by atoms with Gasteiger partial charge in [-0.3, -0.25) is 4.79 Å². The van der Waals surface area contributed by atoms with Crippen molar-refractivity contribution in [3.8, 4) is 0 Å². The van der Waals surface area contributed by atoms with E-state index in [1.807, 2.05) is 12.1 Å². The van der Waals surface area contributed by atoms with Crippen LogP contribution >= 0.6 is 15.9 Å². The van der Waals surface area contributed by atoms with Crippen LogP contribution in [0.2, 0.25) is 0 Å². The van der Waals surface area contributed by atoms with E-state index in [1.165, 1.54) is 22.9 Å². The van der Waals surface area contributed by atoms with Crippen molar-refractivity contribution in [3.05, 3.63) is 62.6 Å². The van der Waals surface area contributed by atoms with E-state index >= 15 is 0 Å². The summed E-state index contributed by atoms with van der Waals surface area (Å²) in [6.45, 7) is 2.17. The Hall–Kier alpha value is -2.14. The molecule has 25 heavy (non-hydrogen) atoms. The summed E-state index contributed by atoms with van der Waals surface area (Å²) in [7, 11) is 0. The number of aromatic carboxylic acids is 1. The van der Waals surface area contributed by atoms with E-state index in [2.05, 4.69) is 20.8 Å². The lowest BCUT2D eigenvalue weighted by Crippen LogP contribution is -2.34. The van der Waals surface area contributed by atoms with Crippen LogP contribution in [0.15, 0.2) is 34.8 Å². The first-order valence-electron chi connectivity index (χ1n) is 8.53. The van der Waals surface area contributed by atoms with Crippen LogP contribution in [-0.4, -0.2) is 29.9 Å². The molecule has 4 nitrogen and oxygen atoms in total. The Labute approximate surface area is 154 Å². The molecule has 0 amide bonds. The lowest BCUT2D eigenvalue weighted by Gasteiger charge is -2.37. The van der Waals surface area contributed by atoms with Crippen molar-refractivity contribution in [3.63, 3.8) is 0 Å². The fraction of sp³-hybridized carbons (Fsp3) is 0.300. The average Bonchev–Trinajstić information content (AvgIpc) is 2.61. The summed E-state index contributed by atoms with van der Waals surface area (Å²) in [5.41, 5.74) is 4.63. The zero-order chi connectivity index (χ0) is 17.6. The molecule has 0 radical (unpaired) electrons. The Bertz CT molecular complexity index is 860. The minimum absolute atomic E-state index is 0.0346. The lowest BCUT2D eigenvalue weighted by molar-refractivity contribution is 0.0692. The van der Waals surface area contributed by atoms with Crippen LogP contribution < -0.4 is 4.90 Å². The molecule has 2 aromatic carbocycles. The molecule has 128 valence electrons. The van der Waals surface area contributed by atoms with Crippen molar-refractivity contribution in [2.45, 2.75) is 25.7 Å². The molecule has 4 rings (SSSR count). The number of ketones is 1. The Kier molecular flexibility index (Phi) is 4.12. The van der Waals surface area contributed by atoms with Crippen molar-refractivity contribution in [2.75, 3.05) is 18.0 Å². The molecule has 5 heteroatoms. The van der Waals surface area contributed by atoms with Crippen LogP contribution in [0.1, 0.15) is 50.2 Å². The quantitative estimate of drug-likeness (QED) is 0.789. The predicted octanol–water partition coefficient (Wildman–Crippen LogP) is 4.08. The van der Waals surface area contributed by atoms with Gasteiger partial charge in [0.1, 0.15) is 0 Å². The van der Waals surface area contributed by atoms with Crippen LogP contribution in [-0.2, 0) is 12.8 Å². The smallest absolute Gasteiger partial charge is 0.336 e. The van der Waals surface area contributed by atoms with Gasteiger partial charge in [-0.15, -0.1) is 0 Å². The number of aryl methyl sites for hydroxylation is 2. The van der Waals surface area contributed by atoms with Crippen LogP contribution in [0.25, 0.3) is 0 Å². The summed E-state index contributed by atoms with van der Waals surface area (Å²) in [5, 5.41) is 9.44. The van der Waals surface area contributed by atoms with Crippen LogP contribution in [0.4, 0.5) is 5.69 Å². The second kappa shape index (κ2) is 6.30. The summed E-state index contributed by atoms with van der Waals surface area (Å²) in [5.74, 6) is -1.30. The van der Waals surface area contributed by atoms with E-state index in [-0.39, 0.29) is 16.9 Å². The molecule has 2 aliphatic heterocycles. The normalized spacial score (nSPS) is 15.6. The van der Waals surface area contributed by atoms with Gasteiger partial charge in [0.2, 0.25) is 0 Å². The zero-order valence-corrected chi connectivity index (χ0v) is 15.3. The third-order valence-corrected chi connectivity index (χ3v) is 5.54. The van der Waals surface area contributed by atoms with Crippen LogP contribution in [0.3, 0.4) is 0 Å². The number of carbonyl (C=O) groups is 2. The first-order valence-corrected chi connectivity index (χ1v) is 9.32. The summed E-state index contributed by atoms with van der Waals surface area (Å²) < 4.78 is 0.651. The maximum Gasteiger partial charge on any atom is 0.336 e. The average molecular weight is 400 g/mol. The van der Waals surface area contributed by atoms with Gasteiger partial charge >= 0.3 is 5.97 Å². The van der Waals surface area contributed by atoms with Crippen molar-refractivity contribution in [1.82, 2.24) is 0 Å². The molecule has 0 bridgehead atoms. The maximum atomic E-state index is 13.0. The van der Waals surface area contributed by atoms with Gasteiger partial charge in [0.05, 0.1) is 5.56 Å². The monoisotopic (exact) mass is 399 g/mol. The van der Waals surface area contributed by atoms with Gasteiger partial charge in [0.25, 0.3) is 0 Å². The number of hydrogen-bond donors (Lipinski definition) is 1. The molecule has 0 atom stereocenters. The number of carboxylic acid groups (broad SMARTS) is 1. The fourth-order valence-corrected chi connectivity index (χ4v) is 4.34. The molecule has 2 heterocycles. The second-order valence-corrected chi connectivity index (χ2v) is 7.58. The number of halogens is 1. The standard InChI is InChI=1S/C20H18BrNO3/c21-15-5-6-16(17(11-15)20(24)25)19(23)14-9-12-3-1-7-22-8-2-4-13(10-14)18(12)22/h5-6,9-11H,1-4,7-8H2,(H,24,25). The number of hydrogen-bond acceptors (Lipinski definition) is 3. The Morgan fingerprint density at radius 1 is 0.960 bits per heavy atom. The highest BCUT2D eigenvalue weighted by atomic mass is 79.9. The Morgan fingerprint density at radius 3 is 2.20 bits per heavy atom. The van der Waals surface area contributed by atoms with Gasteiger partial charge in [0.15, 0.2) is 5.78 Å². The summed E-state index contributed by atoms with van der Waals surface area (Å²) in [6.07, 6.45) is 4.16. The van der Waals surface area contributed by atoms with Crippen molar-refractivity contribution >= 4 is 33.4 Å². The van der Waals surface area contributed by atoms with Gasteiger partial charge in [-0.1, -0.05) is 15.9 Å². The minimum atomic E-state index is -1.09. The molecule has 1 N–H and O–H groups in total. The summed E-state index contributed by atoms with van der Waals surface area (Å²) in [4.78, 5) is 27.0. The minimum Gasteiger partial charge on any atom is -0.478 e. The lowest BCUT2D eigenvalue weighted by atomic mass is 9.87. The highest BCUT2D eigenvalue weighted by Gasteiger charge is 2.26. The first kappa shape index (κ1) is 16.3. The summed E-state index contributed by atoms with van der Waals surface area (Å²) >= 11 is 3.28. The van der Waals surface area contributed by atoms with E-state index < -0.39 is 5.97 Å². The molecule has 2 aromatic rings. The van der Waals surface area contributed by atoms with Gasteiger partial charge in [0, 0.05) is 34.4 Å². The number of nitrogens with zero attached hydrogens (tertiary/aromatic N) is 1. The number of carboxylic acids is 1. The molecule has 0 aromatic heterocycles. The van der Waals surface area contributed by atoms with Gasteiger partial charge < -0.3 is 10.0 Å². The van der Waals surface area contributed by atoms with Crippen LogP contribution in [0, 0.1) is 0 Å². The SMILES string of the molecule is O=C(O)c1cc(Br)ccc1C(=O)c1cc2c3c(c1)CCCN3CCC2. The largest absolute Gasteiger partial charge is 0.478 e. The van der Waals surface area contributed by atoms with E-state index in [0.29, 0.717) is 10.0 Å². The molecule has 2 aliphatic rings. The molecular weight excluding hydrogens is 382 g/mol. The van der Waals surface area contributed by atoms with Crippen molar-refractivity contribution < 1.29 is 14.7 Å². The number of rotatable bonds is 3. The first-order chi connectivity index (χ1) is 12.0. The Morgan fingerprint density at radius 2 is 1.60 bits per heavy atom. The Balaban J connectivity index is 1.81. The number of benzene rings is 2. The maximum absolute atomic E-state index is 13.0. The van der Waals surface area contributed by atoms with E-state index in [4.69, 9.17) is 0 Å². The predicted molar refractivity (Wildman–Crippen MR) is 99.8 cm³/mol. The molecule has 0 aliphatic carbocycles. The van der Waals surface area contributed by atoms with E-state index in [0.717, 1.165) is 38.8 Å². The van der Waals surface area contributed by atoms with Gasteiger partial charge in [-0.05, 0) is 67.1 Å². The number of anilines is 1. The third-order valence-electron chi connectivity index (χ3n) is 5.05. The zero-order valence-electron chi connectivity index (χ0n) is 13.7. The highest BCUT2D eigenvalue weighted by Crippen LogP contribution is 2.36. The highest BCUT2D eigenvalue weighted by molar-refractivity contribution is 9.10. The van der Waals surface area contributed by atoms with Crippen LogP contribution in [0.5, 0.6) is 0 Å². The van der Waals surface area contributed by atoms with E-state index in [9.17, 15) is 14.7 Å².